The van der Waals surface area contributed by atoms with Gasteiger partial charge < -0.3 is 18.9 Å². The summed E-state index contributed by atoms with van der Waals surface area (Å²) < 4.78 is 22.3. The lowest BCUT2D eigenvalue weighted by molar-refractivity contribution is 0.291. The van der Waals surface area contributed by atoms with Gasteiger partial charge in [0.1, 0.15) is 12.4 Å². The first kappa shape index (κ1) is 13.6. The highest BCUT2D eigenvalue weighted by atomic mass is 16.5. The number of methoxy groups -OCH3 is 3. The van der Waals surface area contributed by atoms with Gasteiger partial charge in [0.05, 0.1) is 21.3 Å². The Morgan fingerprint density at radius 1 is 0.905 bits per heavy atom. The van der Waals surface area contributed by atoms with Crippen molar-refractivity contribution in [1.82, 2.24) is 0 Å². The van der Waals surface area contributed by atoms with Crippen LogP contribution in [0.15, 0.2) is 30.3 Å². The van der Waals surface area contributed by atoms with Crippen LogP contribution in [-0.2, 0) is 13.0 Å². The summed E-state index contributed by atoms with van der Waals surface area (Å²) in [6.07, 6.45) is 0.745. The van der Waals surface area contributed by atoms with Crippen LogP contribution in [0.25, 0.3) is 0 Å². The van der Waals surface area contributed by atoms with Gasteiger partial charge >= 0.3 is 0 Å². The molecule has 2 aromatic carbocycles. The number of fused-ring (bicyclic) bond motifs is 2. The van der Waals surface area contributed by atoms with Crippen molar-refractivity contribution in [3.8, 4) is 23.0 Å². The van der Waals surface area contributed by atoms with Crippen LogP contribution in [0.1, 0.15) is 16.7 Å². The summed E-state index contributed by atoms with van der Waals surface area (Å²) in [5.74, 6) is 2.66. The van der Waals surface area contributed by atoms with E-state index in [1.165, 1.54) is 11.1 Å². The first-order valence-electron chi connectivity index (χ1n) is 6.80. The summed E-state index contributed by atoms with van der Waals surface area (Å²) in [6.45, 7) is 0.543. The van der Waals surface area contributed by atoms with Gasteiger partial charge in [-0.05, 0) is 11.1 Å². The summed E-state index contributed by atoms with van der Waals surface area (Å²) in [5, 5.41) is 0. The zero-order chi connectivity index (χ0) is 14.8. The molecule has 2 aromatic rings. The van der Waals surface area contributed by atoms with E-state index in [1.807, 2.05) is 18.2 Å². The van der Waals surface area contributed by atoms with Gasteiger partial charge in [-0.25, -0.2) is 0 Å². The molecule has 0 atom stereocenters. The molecule has 0 saturated carbocycles. The van der Waals surface area contributed by atoms with Crippen LogP contribution in [0.4, 0.5) is 0 Å². The quantitative estimate of drug-likeness (QED) is 0.868. The third-order valence-corrected chi connectivity index (χ3v) is 3.76. The summed E-state index contributed by atoms with van der Waals surface area (Å²) in [4.78, 5) is 0. The molecule has 0 N–H and O–H groups in total. The van der Waals surface area contributed by atoms with Crippen molar-refractivity contribution >= 4 is 0 Å². The maximum Gasteiger partial charge on any atom is 0.203 e. The topological polar surface area (TPSA) is 36.9 Å². The molecule has 110 valence electrons. The molecular formula is C17H18O4. The van der Waals surface area contributed by atoms with Crippen molar-refractivity contribution in [1.29, 1.82) is 0 Å². The summed E-state index contributed by atoms with van der Waals surface area (Å²) >= 11 is 0. The van der Waals surface area contributed by atoms with Crippen molar-refractivity contribution in [2.45, 2.75) is 13.0 Å². The maximum atomic E-state index is 5.94. The minimum atomic E-state index is 0.543. The summed E-state index contributed by atoms with van der Waals surface area (Å²) in [6, 6.07) is 10.1. The normalized spacial score (nSPS) is 12.5. The molecule has 0 fully saturated rings. The number of benzene rings is 2. The number of rotatable bonds is 3. The van der Waals surface area contributed by atoms with Crippen molar-refractivity contribution in [3.05, 3.63) is 47.0 Å². The molecule has 0 aromatic heterocycles. The number of ether oxygens (including phenoxy) is 4. The van der Waals surface area contributed by atoms with Gasteiger partial charge in [0.15, 0.2) is 11.5 Å². The lowest BCUT2D eigenvalue weighted by Gasteiger charge is -2.18. The van der Waals surface area contributed by atoms with E-state index in [0.29, 0.717) is 23.9 Å². The zero-order valence-corrected chi connectivity index (χ0v) is 12.4. The molecule has 0 aliphatic carbocycles. The first-order valence-corrected chi connectivity index (χ1v) is 6.80. The number of hydrogen-bond donors (Lipinski definition) is 0. The SMILES string of the molecule is COc1cc2c(c(OC)c1OC)Cc1ccccc1CO2. The van der Waals surface area contributed by atoms with E-state index in [9.17, 15) is 0 Å². The molecule has 0 radical (unpaired) electrons. The van der Waals surface area contributed by atoms with Crippen molar-refractivity contribution in [2.75, 3.05) is 21.3 Å². The highest BCUT2D eigenvalue weighted by molar-refractivity contribution is 5.63. The minimum Gasteiger partial charge on any atom is -0.493 e. The Morgan fingerprint density at radius 3 is 2.29 bits per heavy atom. The van der Waals surface area contributed by atoms with Gasteiger partial charge in [0, 0.05) is 18.1 Å². The summed E-state index contributed by atoms with van der Waals surface area (Å²) in [7, 11) is 4.85. The Morgan fingerprint density at radius 2 is 1.62 bits per heavy atom. The largest absolute Gasteiger partial charge is 0.493 e. The molecule has 0 saturated heterocycles. The van der Waals surface area contributed by atoms with Crippen LogP contribution in [0.3, 0.4) is 0 Å². The highest BCUT2D eigenvalue weighted by Crippen LogP contribution is 2.47. The number of hydrogen-bond acceptors (Lipinski definition) is 4. The van der Waals surface area contributed by atoms with E-state index < -0.39 is 0 Å². The van der Waals surface area contributed by atoms with Crippen LogP contribution >= 0.6 is 0 Å². The van der Waals surface area contributed by atoms with Gasteiger partial charge in [-0.1, -0.05) is 24.3 Å². The Balaban J connectivity index is 2.18. The van der Waals surface area contributed by atoms with Crippen LogP contribution in [0.5, 0.6) is 23.0 Å². The van der Waals surface area contributed by atoms with E-state index >= 15 is 0 Å². The minimum absolute atomic E-state index is 0.543. The van der Waals surface area contributed by atoms with Crippen molar-refractivity contribution in [2.24, 2.45) is 0 Å². The van der Waals surface area contributed by atoms with E-state index in [0.717, 1.165) is 17.7 Å². The predicted molar refractivity (Wildman–Crippen MR) is 79.7 cm³/mol. The second kappa shape index (κ2) is 5.56. The molecule has 0 unspecified atom stereocenters. The first-order chi connectivity index (χ1) is 10.3. The fraction of sp³-hybridized carbons (Fsp3) is 0.294. The van der Waals surface area contributed by atoms with Crippen LogP contribution in [-0.4, -0.2) is 21.3 Å². The lowest BCUT2D eigenvalue weighted by atomic mass is 9.99. The van der Waals surface area contributed by atoms with Gasteiger partial charge in [-0.2, -0.15) is 0 Å². The van der Waals surface area contributed by atoms with Crippen molar-refractivity contribution in [3.63, 3.8) is 0 Å². The average Bonchev–Trinajstić information content (AvgIpc) is 2.71. The Bertz CT molecular complexity index is 664. The molecule has 0 spiro atoms. The van der Waals surface area contributed by atoms with E-state index in [1.54, 1.807) is 21.3 Å². The van der Waals surface area contributed by atoms with E-state index in [-0.39, 0.29) is 0 Å². The molecule has 0 bridgehead atoms. The second-order valence-corrected chi connectivity index (χ2v) is 4.86. The standard InChI is InChI=1S/C17H18O4/c1-18-15-9-14-13(16(19-2)17(15)20-3)8-11-6-4-5-7-12(11)10-21-14/h4-7,9H,8,10H2,1-3H3. The lowest BCUT2D eigenvalue weighted by Crippen LogP contribution is -2.01. The highest BCUT2D eigenvalue weighted by Gasteiger charge is 2.24. The Kier molecular flexibility index (Phi) is 3.60. The average molecular weight is 286 g/mol. The molecule has 0 amide bonds. The third kappa shape index (κ3) is 2.27. The maximum absolute atomic E-state index is 5.94. The van der Waals surface area contributed by atoms with Crippen LogP contribution in [0, 0.1) is 0 Å². The molecule has 21 heavy (non-hydrogen) atoms. The molecular weight excluding hydrogens is 268 g/mol. The monoisotopic (exact) mass is 286 g/mol. The fourth-order valence-corrected chi connectivity index (χ4v) is 2.71. The third-order valence-electron chi connectivity index (χ3n) is 3.76. The molecule has 1 heterocycles. The molecule has 3 rings (SSSR count). The van der Waals surface area contributed by atoms with Gasteiger partial charge in [0.25, 0.3) is 0 Å². The van der Waals surface area contributed by atoms with Crippen LogP contribution in [0.2, 0.25) is 0 Å². The molecule has 4 heteroatoms. The van der Waals surface area contributed by atoms with E-state index in [4.69, 9.17) is 18.9 Å². The summed E-state index contributed by atoms with van der Waals surface area (Å²) in [5.41, 5.74) is 3.41. The van der Waals surface area contributed by atoms with Gasteiger partial charge in [-0.3, -0.25) is 0 Å². The Labute approximate surface area is 124 Å². The molecule has 4 nitrogen and oxygen atoms in total. The molecule has 1 aliphatic heterocycles. The molecule has 1 aliphatic rings. The van der Waals surface area contributed by atoms with Gasteiger partial charge in [-0.15, -0.1) is 0 Å². The van der Waals surface area contributed by atoms with Crippen LogP contribution < -0.4 is 18.9 Å². The van der Waals surface area contributed by atoms with Gasteiger partial charge in [0.2, 0.25) is 5.75 Å². The zero-order valence-electron chi connectivity index (χ0n) is 12.4. The second-order valence-electron chi connectivity index (χ2n) is 4.86. The van der Waals surface area contributed by atoms with E-state index in [2.05, 4.69) is 12.1 Å². The predicted octanol–water partition coefficient (Wildman–Crippen LogP) is 3.20. The fourth-order valence-electron chi connectivity index (χ4n) is 2.71. The smallest absolute Gasteiger partial charge is 0.203 e. The van der Waals surface area contributed by atoms with Crippen molar-refractivity contribution < 1.29 is 18.9 Å². The Hall–Kier alpha value is -2.36.